The van der Waals surface area contributed by atoms with Gasteiger partial charge < -0.3 is 4.90 Å². The van der Waals surface area contributed by atoms with Crippen LogP contribution in [-0.2, 0) is 0 Å². The highest BCUT2D eigenvalue weighted by molar-refractivity contribution is 7.11. The summed E-state index contributed by atoms with van der Waals surface area (Å²) >= 11 is 1.39. The van der Waals surface area contributed by atoms with E-state index in [4.69, 9.17) is 0 Å². The molecule has 1 amide bonds. The fourth-order valence-electron chi connectivity index (χ4n) is 3.18. The van der Waals surface area contributed by atoms with Gasteiger partial charge in [-0.15, -0.1) is 11.3 Å². The number of carbonyl (C=O) groups is 1. The van der Waals surface area contributed by atoms with Crippen molar-refractivity contribution < 1.29 is 4.79 Å². The molecule has 8 heteroatoms. The van der Waals surface area contributed by atoms with E-state index in [-0.39, 0.29) is 17.4 Å². The molecule has 4 rings (SSSR count). The van der Waals surface area contributed by atoms with E-state index in [0.29, 0.717) is 18.7 Å². The van der Waals surface area contributed by atoms with Crippen LogP contribution in [0.1, 0.15) is 39.8 Å². The standard InChI is InChI=1S/C16H17N5O2S/c1-10-15(24-9-17-10)16(23)20-6-3-11(4-7-20)12-8-14(22)21-13(19-12)2-5-18-21/h2,5,8-9,11,18H,3-4,6-7H2,1H3. The van der Waals surface area contributed by atoms with Crippen molar-refractivity contribution in [1.82, 2.24) is 24.5 Å². The van der Waals surface area contributed by atoms with Gasteiger partial charge in [0, 0.05) is 37.3 Å². The Balaban J connectivity index is 1.50. The van der Waals surface area contributed by atoms with Gasteiger partial charge in [0.15, 0.2) is 5.65 Å². The van der Waals surface area contributed by atoms with E-state index in [1.54, 1.807) is 23.8 Å². The van der Waals surface area contributed by atoms with Gasteiger partial charge in [0.1, 0.15) is 4.88 Å². The van der Waals surface area contributed by atoms with Gasteiger partial charge in [-0.3, -0.25) is 14.7 Å². The minimum Gasteiger partial charge on any atom is -0.338 e. The van der Waals surface area contributed by atoms with Gasteiger partial charge in [0.05, 0.1) is 16.9 Å². The molecule has 1 fully saturated rings. The lowest BCUT2D eigenvalue weighted by Crippen LogP contribution is -2.38. The number of piperidine rings is 1. The molecule has 1 N–H and O–H groups in total. The smallest absolute Gasteiger partial charge is 0.272 e. The average Bonchev–Trinajstić information content (AvgIpc) is 3.23. The van der Waals surface area contributed by atoms with Gasteiger partial charge >= 0.3 is 0 Å². The Morgan fingerprint density at radius 1 is 1.38 bits per heavy atom. The van der Waals surface area contributed by atoms with Gasteiger partial charge in [0.2, 0.25) is 0 Å². The maximum atomic E-state index is 12.5. The number of hydrogen-bond donors (Lipinski definition) is 1. The highest BCUT2D eigenvalue weighted by Gasteiger charge is 2.27. The fourth-order valence-corrected chi connectivity index (χ4v) is 3.95. The van der Waals surface area contributed by atoms with Crippen LogP contribution in [0, 0.1) is 6.92 Å². The normalized spacial score (nSPS) is 16.0. The number of H-pyrrole nitrogens is 1. The van der Waals surface area contributed by atoms with E-state index in [9.17, 15) is 9.59 Å². The third kappa shape index (κ3) is 2.52. The van der Waals surface area contributed by atoms with E-state index < -0.39 is 0 Å². The molecule has 1 aliphatic heterocycles. The van der Waals surface area contributed by atoms with Gasteiger partial charge in [0.25, 0.3) is 11.5 Å². The number of likely N-dealkylation sites (tertiary alicyclic amines) is 1. The largest absolute Gasteiger partial charge is 0.338 e. The molecular weight excluding hydrogens is 326 g/mol. The molecule has 3 aromatic heterocycles. The Morgan fingerprint density at radius 3 is 2.88 bits per heavy atom. The summed E-state index contributed by atoms with van der Waals surface area (Å²) in [5.41, 5.74) is 3.86. The van der Waals surface area contributed by atoms with Gasteiger partial charge in [-0.2, -0.15) is 0 Å². The Morgan fingerprint density at radius 2 is 2.17 bits per heavy atom. The molecular formula is C16H17N5O2S. The predicted octanol–water partition coefficient (Wildman–Crippen LogP) is 1.81. The second-order valence-corrected chi connectivity index (χ2v) is 6.86. The van der Waals surface area contributed by atoms with Crippen molar-refractivity contribution in [1.29, 1.82) is 0 Å². The summed E-state index contributed by atoms with van der Waals surface area (Å²) in [6, 6.07) is 3.38. The topological polar surface area (TPSA) is 83.4 Å². The van der Waals surface area contributed by atoms with Crippen molar-refractivity contribution in [2.45, 2.75) is 25.7 Å². The number of nitrogens with one attached hydrogen (secondary N) is 1. The van der Waals surface area contributed by atoms with Crippen molar-refractivity contribution in [2.75, 3.05) is 13.1 Å². The third-order valence-corrected chi connectivity index (χ3v) is 5.46. The lowest BCUT2D eigenvalue weighted by atomic mass is 9.93. The van der Waals surface area contributed by atoms with Crippen molar-refractivity contribution in [3.05, 3.63) is 50.5 Å². The molecule has 0 spiro atoms. The van der Waals surface area contributed by atoms with Crippen LogP contribution in [0.5, 0.6) is 0 Å². The Kier molecular flexibility index (Phi) is 3.68. The molecule has 0 saturated carbocycles. The monoisotopic (exact) mass is 343 g/mol. The molecule has 24 heavy (non-hydrogen) atoms. The number of nitrogens with zero attached hydrogens (tertiary/aromatic N) is 4. The summed E-state index contributed by atoms with van der Waals surface area (Å²) in [6.45, 7) is 3.21. The molecule has 0 aliphatic carbocycles. The zero-order valence-electron chi connectivity index (χ0n) is 13.2. The Hall–Kier alpha value is -2.48. The van der Waals surface area contributed by atoms with Crippen LogP contribution in [0.15, 0.2) is 28.6 Å². The summed E-state index contributed by atoms with van der Waals surface area (Å²) in [7, 11) is 0. The van der Waals surface area contributed by atoms with Crippen molar-refractivity contribution >= 4 is 22.9 Å². The molecule has 0 bridgehead atoms. The maximum Gasteiger partial charge on any atom is 0.272 e. The van der Waals surface area contributed by atoms with Gasteiger partial charge in [-0.25, -0.2) is 14.5 Å². The zero-order valence-corrected chi connectivity index (χ0v) is 14.0. The van der Waals surface area contributed by atoms with Crippen molar-refractivity contribution in [2.24, 2.45) is 0 Å². The molecule has 1 saturated heterocycles. The van der Waals surface area contributed by atoms with Crippen molar-refractivity contribution in [3.63, 3.8) is 0 Å². The summed E-state index contributed by atoms with van der Waals surface area (Å²) in [5, 5.41) is 2.84. The average molecular weight is 343 g/mol. The number of aryl methyl sites for hydroxylation is 1. The zero-order chi connectivity index (χ0) is 16.7. The second-order valence-electron chi connectivity index (χ2n) is 6.01. The molecule has 0 radical (unpaired) electrons. The summed E-state index contributed by atoms with van der Waals surface area (Å²) in [4.78, 5) is 36.0. The molecule has 0 unspecified atom stereocenters. The molecule has 0 aromatic carbocycles. The second kappa shape index (κ2) is 5.86. The number of aromatic nitrogens is 4. The maximum absolute atomic E-state index is 12.5. The lowest BCUT2D eigenvalue weighted by molar-refractivity contribution is 0.0716. The van der Waals surface area contributed by atoms with Gasteiger partial charge in [-0.1, -0.05) is 0 Å². The summed E-state index contributed by atoms with van der Waals surface area (Å²) in [6.07, 6.45) is 3.33. The van der Waals surface area contributed by atoms with Crippen molar-refractivity contribution in [3.8, 4) is 0 Å². The highest BCUT2D eigenvalue weighted by atomic mass is 32.1. The van der Waals surface area contributed by atoms with E-state index in [2.05, 4.69) is 15.1 Å². The van der Waals surface area contributed by atoms with E-state index in [1.165, 1.54) is 15.9 Å². The lowest BCUT2D eigenvalue weighted by Gasteiger charge is -2.31. The Labute approximate surface area is 142 Å². The minimum absolute atomic E-state index is 0.0579. The third-order valence-electron chi connectivity index (χ3n) is 4.54. The SMILES string of the molecule is Cc1ncsc1C(=O)N1CCC(c2cc(=O)n3[nH]ccc3n2)CC1. The van der Waals surface area contributed by atoms with Crippen LogP contribution >= 0.6 is 11.3 Å². The molecule has 3 aromatic rings. The first kappa shape index (κ1) is 15.1. The van der Waals surface area contributed by atoms with Gasteiger partial charge in [-0.05, 0) is 19.8 Å². The first-order valence-corrected chi connectivity index (χ1v) is 8.78. The molecule has 124 valence electrons. The number of thiazole rings is 1. The Bertz CT molecular complexity index is 949. The molecule has 7 nitrogen and oxygen atoms in total. The summed E-state index contributed by atoms with van der Waals surface area (Å²) < 4.78 is 1.43. The first-order chi connectivity index (χ1) is 11.6. The van der Waals surface area contributed by atoms with Crippen LogP contribution < -0.4 is 5.56 Å². The predicted molar refractivity (Wildman–Crippen MR) is 90.5 cm³/mol. The van der Waals surface area contributed by atoms with Crippen LogP contribution in [0.25, 0.3) is 5.65 Å². The molecule has 1 aliphatic rings. The molecule has 0 atom stereocenters. The number of rotatable bonds is 2. The van der Waals surface area contributed by atoms with Crippen LogP contribution in [-0.4, -0.2) is 43.5 Å². The van der Waals surface area contributed by atoms with Crippen LogP contribution in [0.2, 0.25) is 0 Å². The fraction of sp³-hybridized carbons (Fsp3) is 0.375. The van der Waals surface area contributed by atoms with Crippen LogP contribution in [0.3, 0.4) is 0 Å². The van der Waals surface area contributed by atoms with E-state index in [0.717, 1.165) is 29.1 Å². The van der Waals surface area contributed by atoms with E-state index >= 15 is 0 Å². The highest BCUT2D eigenvalue weighted by Crippen LogP contribution is 2.28. The van der Waals surface area contributed by atoms with E-state index in [1.807, 2.05) is 11.8 Å². The first-order valence-electron chi connectivity index (χ1n) is 7.90. The number of aromatic amines is 1. The summed E-state index contributed by atoms with van der Waals surface area (Å²) in [5.74, 6) is 0.270. The number of fused-ring (bicyclic) bond motifs is 1. The number of carbonyl (C=O) groups excluding carboxylic acids is 1. The molecule has 4 heterocycles. The van der Waals surface area contributed by atoms with Crippen LogP contribution in [0.4, 0.5) is 0 Å². The quantitative estimate of drug-likeness (QED) is 0.769. The number of amides is 1. The number of hydrogen-bond acceptors (Lipinski definition) is 5. The minimum atomic E-state index is -0.0983.